The summed E-state index contributed by atoms with van der Waals surface area (Å²) in [5.74, 6) is 2.72. The van der Waals surface area contributed by atoms with Gasteiger partial charge in [-0.3, -0.25) is 4.79 Å². The quantitative estimate of drug-likeness (QED) is 0.161. The Labute approximate surface area is 230 Å². The molecule has 1 aliphatic heterocycles. The number of aromatic nitrogens is 2. The molecular formula is C33H37N3O3. The first kappa shape index (κ1) is 26.5. The Hall–Kier alpha value is -4.06. The summed E-state index contributed by atoms with van der Waals surface area (Å²) in [5.41, 5.74) is 6.53. The van der Waals surface area contributed by atoms with Crippen LogP contribution < -0.4 is 14.4 Å². The van der Waals surface area contributed by atoms with Crippen LogP contribution in [0.15, 0.2) is 73.3 Å². The van der Waals surface area contributed by atoms with Crippen molar-refractivity contribution in [1.82, 2.24) is 9.55 Å². The van der Waals surface area contributed by atoms with Crippen molar-refractivity contribution in [2.75, 3.05) is 25.2 Å². The molecule has 0 N–H and O–H groups in total. The number of carbonyl (C=O) groups is 1. The molecule has 1 amide bonds. The number of allylic oxidation sites excluding steroid dienone is 1. The van der Waals surface area contributed by atoms with Crippen molar-refractivity contribution in [3.8, 4) is 11.5 Å². The molecule has 5 rings (SSSR count). The summed E-state index contributed by atoms with van der Waals surface area (Å²) in [6, 6.07) is 20.6. The third-order valence-electron chi connectivity index (χ3n) is 7.47. The monoisotopic (exact) mass is 523 g/mol. The lowest BCUT2D eigenvalue weighted by atomic mass is 10.1. The predicted octanol–water partition coefficient (Wildman–Crippen LogP) is 6.77. The zero-order valence-corrected chi connectivity index (χ0v) is 23.2. The van der Waals surface area contributed by atoms with Crippen molar-refractivity contribution in [3.63, 3.8) is 0 Å². The number of hydrogen-bond donors (Lipinski definition) is 0. The molecule has 3 aromatic carbocycles. The number of para-hydroxylation sites is 2. The Kier molecular flexibility index (Phi) is 8.01. The van der Waals surface area contributed by atoms with Crippen LogP contribution in [0, 0.1) is 13.8 Å². The number of methoxy groups -OCH3 is 1. The Morgan fingerprint density at radius 3 is 2.72 bits per heavy atom. The Morgan fingerprint density at radius 1 is 1.05 bits per heavy atom. The number of imidazole rings is 1. The Morgan fingerprint density at radius 2 is 1.90 bits per heavy atom. The largest absolute Gasteiger partial charge is 0.493 e. The van der Waals surface area contributed by atoms with Crippen molar-refractivity contribution < 1.29 is 14.3 Å². The first-order chi connectivity index (χ1) is 19.0. The van der Waals surface area contributed by atoms with Crippen LogP contribution in [-0.2, 0) is 17.8 Å². The summed E-state index contributed by atoms with van der Waals surface area (Å²) in [7, 11) is 1.67. The van der Waals surface area contributed by atoms with Crippen LogP contribution in [-0.4, -0.2) is 35.7 Å². The van der Waals surface area contributed by atoms with Crippen LogP contribution in [0.1, 0.15) is 47.7 Å². The third kappa shape index (κ3) is 5.70. The van der Waals surface area contributed by atoms with E-state index in [1.165, 1.54) is 0 Å². The van der Waals surface area contributed by atoms with Crippen LogP contribution in [0.2, 0.25) is 0 Å². The standard InChI is InChI=1S/C33H37N3O3/c1-5-10-25-15-16-30(31(20-25)38-4)39-18-9-8-17-35-28-12-7-6-11-27(28)34-33(35)26-21-32(37)36(22-26)29-19-23(2)13-14-24(29)3/h5-7,11-16,19-20,26H,1,8-10,17-18,21-22H2,2-4H3. The van der Waals surface area contributed by atoms with Gasteiger partial charge >= 0.3 is 0 Å². The fourth-order valence-corrected chi connectivity index (χ4v) is 5.44. The molecule has 1 aromatic heterocycles. The minimum absolute atomic E-state index is 0.0550. The van der Waals surface area contributed by atoms with Crippen molar-refractivity contribution in [2.24, 2.45) is 0 Å². The summed E-state index contributed by atoms with van der Waals surface area (Å²) in [6.07, 6.45) is 4.98. The number of aryl methyl sites for hydroxylation is 3. The number of amides is 1. The number of ether oxygens (including phenoxy) is 2. The average Bonchev–Trinajstić information content (AvgIpc) is 3.51. The molecular weight excluding hydrogens is 486 g/mol. The number of anilines is 1. The van der Waals surface area contributed by atoms with Gasteiger partial charge < -0.3 is 18.9 Å². The second-order valence-electron chi connectivity index (χ2n) is 10.3. The summed E-state index contributed by atoms with van der Waals surface area (Å²) in [5, 5.41) is 0. The van der Waals surface area contributed by atoms with Gasteiger partial charge in [-0.25, -0.2) is 4.98 Å². The number of carbonyl (C=O) groups excluding carboxylic acids is 1. The smallest absolute Gasteiger partial charge is 0.227 e. The van der Waals surface area contributed by atoms with E-state index in [9.17, 15) is 4.79 Å². The lowest BCUT2D eigenvalue weighted by Crippen LogP contribution is -2.25. The normalized spacial score (nSPS) is 15.2. The SMILES string of the molecule is C=CCc1ccc(OCCCCn2c(C3CC(=O)N(c4cc(C)ccc4C)C3)nc3ccccc32)c(OC)c1. The van der Waals surface area contributed by atoms with E-state index in [2.05, 4.69) is 61.4 Å². The highest BCUT2D eigenvalue weighted by Gasteiger charge is 2.35. The first-order valence-electron chi connectivity index (χ1n) is 13.7. The van der Waals surface area contributed by atoms with Crippen molar-refractivity contribution in [3.05, 3.63) is 95.8 Å². The highest BCUT2D eigenvalue weighted by Crippen LogP contribution is 2.35. The summed E-state index contributed by atoms with van der Waals surface area (Å²) in [4.78, 5) is 20.1. The molecule has 1 aliphatic rings. The molecule has 0 aliphatic carbocycles. The fourth-order valence-electron chi connectivity index (χ4n) is 5.44. The molecule has 39 heavy (non-hydrogen) atoms. The van der Waals surface area contributed by atoms with E-state index in [0.29, 0.717) is 19.6 Å². The fraction of sp³-hybridized carbons (Fsp3) is 0.333. The minimum Gasteiger partial charge on any atom is -0.493 e. The minimum atomic E-state index is 0.0550. The van der Waals surface area contributed by atoms with E-state index in [0.717, 1.165) is 76.5 Å². The van der Waals surface area contributed by atoms with Crippen LogP contribution in [0.3, 0.4) is 0 Å². The zero-order chi connectivity index (χ0) is 27.4. The molecule has 0 spiro atoms. The van der Waals surface area contributed by atoms with E-state index < -0.39 is 0 Å². The third-order valence-corrected chi connectivity index (χ3v) is 7.47. The number of benzene rings is 3. The molecule has 0 radical (unpaired) electrons. The Bertz CT molecular complexity index is 1490. The highest BCUT2D eigenvalue weighted by atomic mass is 16.5. The molecule has 1 unspecified atom stereocenters. The number of rotatable bonds is 11. The molecule has 6 nitrogen and oxygen atoms in total. The van der Waals surface area contributed by atoms with Crippen LogP contribution in [0.25, 0.3) is 11.0 Å². The number of nitrogens with zero attached hydrogens (tertiary/aromatic N) is 3. The first-order valence-corrected chi connectivity index (χ1v) is 13.7. The molecule has 202 valence electrons. The van der Waals surface area contributed by atoms with Gasteiger partial charge in [-0.15, -0.1) is 6.58 Å². The van der Waals surface area contributed by atoms with Gasteiger partial charge in [0.2, 0.25) is 5.91 Å². The maximum atomic E-state index is 13.1. The topological polar surface area (TPSA) is 56.6 Å². The lowest BCUT2D eigenvalue weighted by molar-refractivity contribution is -0.117. The van der Waals surface area contributed by atoms with Gasteiger partial charge in [-0.05, 0) is 80.1 Å². The highest BCUT2D eigenvalue weighted by molar-refractivity contribution is 5.97. The number of unbranched alkanes of at least 4 members (excludes halogenated alkanes) is 1. The van der Waals surface area contributed by atoms with Gasteiger partial charge in [0, 0.05) is 31.1 Å². The maximum absolute atomic E-state index is 13.1. The van der Waals surface area contributed by atoms with Crippen LogP contribution >= 0.6 is 0 Å². The van der Waals surface area contributed by atoms with Crippen molar-refractivity contribution in [2.45, 2.75) is 52.0 Å². The van der Waals surface area contributed by atoms with Crippen molar-refractivity contribution in [1.29, 1.82) is 0 Å². The number of hydrogen-bond acceptors (Lipinski definition) is 4. The molecule has 0 saturated carbocycles. The van der Waals surface area contributed by atoms with E-state index in [4.69, 9.17) is 14.5 Å². The van der Waals surface area contributed by atoms with Crippen molar-refractivity contribution >= 4 is 22.6 Å². The molecule has 0 bridgehead atoms. The molecule has 1 fully saturated rings. The van der Waals surface area contributed by atoms with Gasteiger partial charge in [0.1, 0.15) is 5.82 Å². The average molecular weight is 524 g/mol. The van der Waals surface area contributed by atoms with Gasteiger partial charge in [0.15, 0.2) is 11.5 Å². The van der Waals surface area contributed by atoms with E-state index in [1.54, 1.807) is 7.11 Å². The van der Waals surface area contributed by atoms with Gasteiger partial charge in [-0.2, -0.15) is 0 Å². The van der Waals surface area contributed by atoms with Gasteiger partial charge in [-0.1, -0.05) is 36.4 Å². The second kappa shape index (κ2) is 11.8. The second-order valence-corrected chi connectivity index (χ2v) is 10.3. The Balaban J connectivity index is 1.28. The van der Waals surface area contributed by atoms with E-state index in [-0.39, 0.29) is 11.8 Å². The van der Waals surface area contributed by atoms with E-state index in [1.807, 2.05) is 35.2 Å². The summed E-state index contributed by atoms with van der Waals surface area (Å²) in [6.45, 7) is 10.0. The van der Waals surface area contributed by atoms with Crippen LogP contribution in [0.5, 0.6) is 11.5 Å². The summed E-state index contributed by atoms with van der Waals surface area (Å²) < 4.78 is 13.9. The lowest BCUT2D eigenvalue weighted by Gasteiger charge is -2.20. The summed E-state index contributed by atoms with van der Waals surface area (Å²) >= 11 is 0. The molecule has 1 atom stereocenters. The molecule has 1 saturated heterocycles. The van der Waals surface area contributed by atoms with Gasteiger partial charge in [0.05, 0.1) is 24.8 Å². The molecule has 6 heteroatoms. The number of fused-ring (bicyclic) bond motifs is 1. The molecule has 2 heterocycles. The molecule has 4 aromatic rings. The zero-order valence-electron chi connectivity index (χ0n) is 23.2. The van der Waals surface area contributed by atoms with Gasteiger partial charge in [0.25, 0.3) is 0 Å². The predicted molar refractivity (Wildman–Crippen MR) is 157 cm³/mol. The maximum Gasteiger partial charge on any atom is 0.227 e. The van der Waals surface area contributed by atoms with E-state index >= 15 is 0 Å². The van der Waals surface area contributed by atoms with Crippen LogP contribution in [0.4, 0.5) is 5.69 Å².